The van der Waals surface area contributed by atoms with E-state index in [1.807, 2.05) is 0 Å². The summed E-state index contributed by atoms with van der Waals surface area (Å²) in [5, 5.41) is 0. The van der Waals surface area contributed by atoms with Gasteiger partial charge in [0, 0.05) is 0 Å². The van der Waals surface area contributed by atoms with E-state index in [1.54, 1.807) is 60.7 Å². The molecule has 2 aliphatic carbocycles. The molecular weight excluding hydrogens is 392 g/mol. The second-order valence-corrected chi connectivity index (χ2v) is 11.1. The summed E-state index contributed by atoms with van der Waals surface area (Å²) in [5.74, 6) is 0. The van der Waals surface area contributed by atoms with Crippen molar-refractivity contribution in [3.05, 3.63) is 81.6 Å². The maximum absolute atomic E-state index is 13.2. The zero-order chi connectivity index (χ0) is 19.8. The molecule has 0 N–H and O–H groups in total. The van der Waals surface area contributed by atoms with Gasteiger partial charge in [-0.1, -0.05) is 36.4 Å². The van der Waals surface area contributed by atoms with Crippen LogP contribution in [0.25, 0.3) is 0 Å². The summed E-state index contributed by atoms with van der Waals surface area (Å²) in [5.41, 5.74) is 1.44. The predicted octanol–water partition coefficient (Wildman–Crippen LogP) is 4.81. The van der Waals surface area contributed by atoms with Crippen LogP contribution >= 0.6 is 0 Å². The van der Waals surface area contributed by atoms with Gasteiger partial charge in [-0.05, 0) is 73.9 Å². The molecule has 4 nitrogen and oxygen atoms in total. The van der Waals surface area contributed by atoms with Gasteiger partial charge in [0.1, 0.15) is 0 Å². The lowest BCUT2D eigenvalue weighted by Crippen LogP contribution is -2.20. The molecule has 1 saturated carbocycles. The van der Waals surface area contributed by atoms with Crippen LogP contribution in [0.2, 0.25) is 0 Å². The Morgan fingerprint density at radius 2 is 0.857 bits per heavy atom. The Kier molecular flexibility index (Phi) is 5.02. The Balaban J connectivity index is 1.88. The Bertz CT molecular complexity index is 1060. The zero-order valence-corrected chi connectivity index (χ0v) is 17.1. The highest BCUT2D eigenvalue weighted by molar-refractivity contribution is 7.95. The van der Waals surface area contributed by atoms with Crippen molar-refractivity contribution in [2.45, 2.75) is 48.3 Å². The third-order valence-corrected chi connectivity index (χ3v) is 9.46. The minimum Gasteiger partial charge on any atom is -0.219 e. The fourth-order valence-electron chi connectivity index (χ4n) is 3.94. The van der Waals surface area contributed by atoms with Gasteiger partial charge in [0.15, 0.2) is 0 Å². The second-order valence-electron chi connectivity index (χ2n) is 7.14. The summed E-state index contributed by atoms with van der Waals surface area (Å²) in [7, 11) is -7.23. The van der Waals surface area contributed by atoms with E-state index in [2.05, 4.69) is 0 Å². The molecule has 0 saturated heterocycles. The first-order valence-electron chi connectivity index (χ1n) is 9.47. The molecule has 0 radical (unpaired) electrons. The minimum atomic E-state index is -3.62. The van der Waals surface area contributed by atoms with Crippen molar-refractivity contribution in [3.8, 4) is 0 Å². The molecule has 0 bridgehead atoms. The summed E-state index contributed by atoms with van der Waals surface area (Å²) in [6, 6.07) is 16.8. The van der Waals surface area contributed by atoms with Gasteiger partial charge in [-0.3, -0.25) is 0 Å². The van der Waals surface area contributed by atoms with E-state index in [-0.39, 0.29) is 9.79 Å². The van der Waals surface area contributed by atoms with Crippen LogP contribution in [0, 0.1) is 0 Å². The Morgan fingerprint density at radius 1 is 0.500 bits per heavy atom. The number of allylic oxidation sites excluding steroid dienone is 4. The highest BCUT2D eigenvalue weighted by atomic mass is 32.2. The predicted molar refractivity (Wildman–Crippen MR) is 109 cm³/mol. The second kappa shape index (κ2) is 7.33. The van der Waals surface area contributed by atoms with Crippen molar-refractivity contribution in [1.82, 2.24) is 0 Å². The molecule has 1 fully saturated rings. The number of benzene rings is 2. The molecule has 0 heterocycles. The molecule has 146 valence electrons. The lowest BCUT2D eigenvalue weighted by Gasteiger charge is -2.31. The van der Waals surface area contributed by atoms with Crippen LogP contribution < -0.4 is 0 Å². The van der Waals surface area contributed by atoms with Gasteiger partial charge in [-0.2, -0.15) is 0 Å². The third-order valence-electron chi connectivity index (χ3n) is 5.48. The summed E-state index contributed by atoms with van der Waals surface area (Å²) in [4.78, 5) is 1.36. The summed E-state index contributed by atoms with van der Waals surface area (Å²) in [6.07, 6.45) is 3.48. The molecular formula is C22H22O4S2. The summed E-state index contributed by atoms with van der Waals surface area (Å²) >= 11 is 0. The van der Waals surface area contributed by atoms with Crippen LogP contribution in [0.5, 0.6) is 0 Å². The molecule has 6 heteroatoms. The van der Waals surface area contributed by atoms with Crippen molar-refractivity contribution in [3.63, 3.8) is 0 Å². The average molecular weight is 415 g/mol. The maximum atomic E-state index is 13.2. The number of hydrogen-bond acceptors (Lipinski definition) is 4. The highest BCUT2D eigenvalue weighted by Crippen LogP contribution is 2.46. The van der Waals surface area contributed by atoms with Gasteiger partial charge < -0.3 is 0 Å². The number of fused-ring (bicyclic) bond motifs is 1. The first-order chi connectivity index (χ1) is 13.4. The minimum absolute atomic E-state index is 0.275. The van der Waals surface area contributed by atoms with E-state index in [1.165, 1.54) is 0 Å². The first kappa shape index (κ1) is 19.2. The Hall–Kier alpha value is -2.18. The number of hydrogen-bond donors (Lipinski definition) is 0. The van der Waals surface area contributed by atoms with Crippen LogP contribution in [0.1, 0.15) is 38.5 Å². The van der Waals surface area contributed by atoms with Crippen molar-refractivity contribution >= 4 is 19.7 Å². The van der Waals surface area contributed by atoms with Gasteiger partial charge in [-0.15, -0.1) is 0 Å². The van der Waals surface area contributed by atoms with Gasteiger partial charge in [0.2, 0.25) is 19.7 Å². The molecule has 28 heavy (non-hydrogen) atoms. The van der Waals surface area contributed by atoms with Crippen LogP contribution in [0.15, 0.2) is 91.4 Å². The van der Waals surface area contributed by atoms with E-state index < -0.39 is 19.7 Å². The van der Waals surface area contributed by atoms with E-state index >= 15 is 0 Å². The van der Waals surface area contributed by atoms with Gasteiger partial charge >= 0.3 is 0 Å². The molecule has 4 rings (SSSR count). The Morgan fingerprint density at radius 3 is 1.18 bits per heavy atom. The fraction of sp³-hybridized carbons (Fsp3) is 0.273. The Labute approximate surface area is 166 Å². The molecule has 2 aliphatic rings. The topological polar surface area (TPSA) is 68.3 Å². The lowest BCUT2D eigenvalue weighted by atomic mass is 9.82. The summed E-state index contributed by atoms with van der Waals surface area (Å²) < 4.78 is 53.0. The van der Waals surface area contributed by atoms with Crippen molar-refractivity contribution in [2.24, 2.45) is 0 Å². The van der Waals surface area contributed by atoms with Crippen molar-refractivity contribution in [2.75, 3.05) is 0 Å². The van der Waals surface area contributed by atoms with Gasteiger partial charge in [-0.25, -0.2) is 16.8 Å². The molecule has 2 aromatic carbocycles. The van der Waals surface area contributed by atoms with Crippen LogP contribution in [-0.4, -0.2) is 16.8 Å². The monoisotopic (exact) mass is 414 g/mol. The molecule has 0 aromatic heterocycles. The maximum Gasteiger partial charge on any atom is 0.203 e. The van der Waals surface area contributed by atoms with Crippen molar-refractivity contribution in [1.29, 1.82) is 0 Å². The normalized spacial score (nSPS) is 23.3. The number of sulfone groups is 2. The third kappa shape index (κ3) is 3.25. The quantitative estimate of drug-likeness (QED) is 0.720. The van der Waals surface area contributed by atoms with E-state index in [0.29, 0.717) is 48.3 Å². The molecule has 2 aromatic rings. The van der Waals surface area contributed by atoms with E-state index in [9.17, 15) is 16.8 Å². The SMILES string of the molecule is O=S(=O)(/C1=C2\CC\C2=C(/S(=O)(=O)c2ccccc2)CCCC1)c1ccccc1. The molecule has 0 spiro atoms. The van der Waals surface area contributed by atoms with Crippen LogP contribution in [-0.2, 0) is 19.7 Å². The van der Waals surface area contributed by atoms with Crippen molar-refractivity contribution < 1.29 is 16.8 Å². The zero-order valence-electron chi connectivity index (χ0n) is 15.5. The first-order valence-corrected chi connectivity index (χ1v) is 12.4. The lowest BCUT2D eigenvalue weighted by molar-refractivity contribution is 0.586. The van der Waals surface area contributed by atoms with E-state index in [0.717, 1.165) is 11.1 Å². The molecule has 0 atom stereocenters. The smallest absolute Gasteiger partial charge is 0.203 e. The van der Waals surface area contributed by atoms with Gasteiger partial charge in [0.05, 0.1) is 19.6 Å². The fourth-order valence-corrected chi connectivity index (χ4v) is 7.47. The largest absolute Gasteiger partial charge is 0.219 e. The van der Waals surface area contributed by atoms with E-state index in [4.69, 9.17) is 0 Å². The highest BCUT2D eigenvalue weighted by Gasteiger charge is 2.36. The molecule has 0 aliphatic heterocycles. The average Bonchev–Trinajstić information content (AvgIpc) is 2.68. The van der Waals surface area contributed by atoms with Crippen LogP contribution in [0.3, 0.4) is 0 Å². The standard InChI is InChI=1S/C22H22O4S2/c23-27(24,17-9-3-1-4-10-17)21-13-7-8-14-22(20-16-15-19(20)21)28(25,26)18-11-5-2-6-12-18/h1-6,9-12H,7-8,13-16H2/b21-19+,22-20+. The number of rotatable bonds is 4. The van der Waals surface area contributed by atoms with Crippen LogP contribution in [0.4, 0.5) is 0 Å². The summed E-state index contributed by atoms with van der Waals surface area (Å²) in [6.45, 7) is 0. The molecule has 0 unspecified atom stereocenters. The molecule has 0 amide bonds. The van der Waals surface area contributed by atoms with Gasteiger partial charge in [0.25, 0.3) is 0 Å².